The second kappa shape index (κ2) is 4.37. The van der Waals surface area contributed by atoms with Crippen molar-refractivity contribution in [2.24, 2.45) is 5.73 Å². The van der Waals surface area contributed by atoms with E-state index < -0.39 is 6.43 Å². The molecule has 0 spiro atoms. The van der Waals surface area contributed by atoms with Gasteiger partial charge in [-0.05, 0) is 24.6 Å². The molecule has 2 nitrogen and oxygen atoms in total. The fourth-order valence-corrected chi connectivity index (χ4v) is 1.21. The Morgan fingerprint density at radius 2 is 2.00 bits per heavy atom. The Labute approximate surface area is 81.7 Å². The molecule has 0 heterocycles. The molecule has 14 heavy (non-hydrogen) atoms. The first-order chi connectivity index (χ1) is 6.56. The lowest BCUT2D eigenvalue weighted by atomic mass is 10.1. The number of alkyl halides is 2. The van der Waals surface area contributed by atoms with Gasteiger partial charge in [-0.3, -0.25) is 0 Å². The number of hydrogen-bond donors (Lipinski definition) is 1. The highest BCUT2D eigenvalue weighted by molar-refractivity contribution is 5.39. The van der Waals surface area contributed by atoms with Crippen molar-refractivity contribution in [1.82, 2.24) is 0 Å². The van der Waals surface area contributed by atoms with E-state index in [-0.39, 0.29) is 17.4 Å². The zero-order valence-electron chi connectivity index (χ0n) is 8.13. The predicted octanol–water partition coefficient (Wildman–Crippen LogP) is 2.65. The molecule has 2 N–H and O–H groups in total. The summed E-state index contributed by atoms with van der Waals surface area (Å²) in [6, 6.07) is 4.34. The Morgan fingerprint density at radius 3 is 2.43 bits per heavy atom. The molecule has 0 saturated heterocycles. The summed E-state index contributed by atoms with van der Waals surface area (Å²) in [5.41, 5.74) is 6.16. The molecule has 1 atom stereocenters. The summed E-state index contributed by atoms with van der Waals surface area (Å²) in [7, 11) is 1.37. The summed E-state index contributed by atoms with van der Waals surface area (Å²) < 4.78 is 29.9. The lowest BCUT2D eigenvalue weighted by Gasteiger charge is -2.11. The minimum atomic E-state index is -2.54. The normalized spacial score (nSPS) is 13.0. The van der Waals surface area contributed by atoms with Crippen LogP contribution in [0.3, 0.4) is 0 Å². The molecule has 0 aromatic heterocycles. The lowest BCUT2D eigenvalue weighted by molar-refractivity contribution is 0.147. The average Bonchev–Trinajstić information content (AvgIpc) is 2.16. The summed E-state index contributed by atoms with van der Waals surface area (Å²) in [6.45, 7) is 1.75. The highest BCUT2D eigenvalue weighted by Crippen LogP contribution is 2.30. The molecule has 0 fully saturated rings. The van der Waals surface area contributed by atoms with Crippen molar-refractivity contribution in [3.63, 3.8) is 0 Å². The van der Waals surface area contributed by atoms with Crippen molar-refractivity contribution in [1.29, 1.82) is 0 Å². The molecule has 0 amide bonds. The van der Waals surface area contributed by atoms with Crippen LogP contribution in [-0.4, -0.2) is 7.11 Å². The van der Waals surface area contributed by atoms with Crippen molar-refractivity contribution >= 4 is 0 Å². The number of methoxy groups -OCH3 is 1. The second-order valence-corrected chi connectivity index (χ2v) is 3.09. The van der Waals surface area contributed by atoms with Crippen LogP contribution in [0.4, 0.5) is 8.78 Å². The van der Waals surface area contributed by atoms with E-state index in [9.17, 15) is 8.78 Å². The van der Waals surface area contributed by atoms with Crippen LogP contribution in [0, 0.1) is 0 Å². The second-order valence-electron chi connectivity index (χ2n) is 3.09. The topological polar surface area (TPSA) is 35.2 Å². The number of nitrogens with two attached hydrogens (primary N) is 1. The van der Waals surface area contributed by atoms with Crippen molar-refractivity contribution in [2.45, 2.75) is 19.4 Å². The Bertz CT molecular complexity index is 313. The van der Waals surface area contributed by atoms with Gasteiger partial charge < -0.3 is 10.5 Å². The van der Waals surface area contributed by atoms with E-state index in [1.54, 1.807) is 13.0 Å². The lowest BCUT2D eigenvalue weighted by Crippen LogP contribution is -2.06. The van der Waals surface area contributed by atoms with Gasteiger partial charge >= 0.3 is 0 Å². The molecule has 0 radical (unpaired) electrons. The maximum absolute atomic E-state index is 12.5. The van der Waals surface area contributed by atoms with Gasteiger partial charge in [0.15, 0.2) is 0 Å². The third kappa shape index (κ3) is 2.20. The van der Waals surface area contributed by atoms with Crippen LogP contribution in [-0.2, 0) is 0 Å². The molecule has 0 aliphatic rings. The quantitative estimate of drug-likeness (QED) is 0.815. The summed E-state index contributed by atoms with van der Waals surface area (Å²) in [5, 5.41) is 0. The van der Waals surface area contributed by atoms with Crippen LogP contribution in [0.25, 0.3) is 0 Å². The van der Waals surface area contributed by atoms with Crippen LogP contribution in [0.15, 0.2) is 18.2 Å². The first kappa shape index (κ1) is 10.9. The fraction of sp³-hybridized carbons (Fsp3) is 0.400. The molecule has 0 aliphatic carbocycles. The van der Waals surface area contributed by atoms with E-state index in [0.717, 1.165) is 0 Å². The third-order valence-corrected chi connectivity index (χ3v) is 2.01. The minimum Gasteiger partial charge on any atom is -0.496 e. The summed E-state index contributed by atoms with van der Waals surface area (Å²) in [5.74, 6) is 0.199. The van der Waals surface area contributed by atoms with Gasteiger partial charge in [-0.2, -0.15) is 0 Å². The zero-order valence-corrected chi connectivity index (χ0v) is 8.13. The Kier molecular flexibility index (Phi) is 3.41. The van der Waals surface area contributed by atoms with Gasteiger partial charge in [0.25, 0.3) is 6.43 Å². The maximum Gasteiger partial charge on any atom is 0.267 e. The van der Waals surface area contributed by atoms with E-state index in [4.69, 9.17) is 10.5 Å². The number of ether oxygens (including phenoxy) is 1. The van der Waals surface area contributed by atoms with E-state index in [1.807, 2.05) is 0 Å². The smallest absolute Gasteiger partial charge is 0.267 e. The van der Waals surface area contributed by atoms with Crippen LogP contribution >= 0.6 is 0 Å². The first-order valence-electron chi connectivity index (χ1n) is 4.27. The standard InChI is InChI=1S/C10H13F2NO/c1-6(13)7-3-4-9(14-2)8(5-7)10(11)12/h3-6,10H,13H2,1-2H3. The highest BCUT2D eigenvalue weighted by atomic mass is 19.3. The predicted molar refractivity (Wildman–Crippen MR) is 50.6 cm³/mol. The van der Waals surface area contributed by atoms with Crippen LogP contribution in [0.5, 0.6) is 5.75 Å². The molecule has 0 aliphatic heterocycles. The number of rotatable bonds is 3. The van der Waals surface area contributed by atoms with Crippen molar-refractivity contribution in [3.05, 3.63) is 29.3 Å². The molecule has 1 rings (SSSR count). The summed E-state index contributed by atoms with van der Waals surface area (Å²) in [4.78, 5) is 0. The SMILES string of the molecule is COc1ccc(C(C)N)cc1C(F)F. The zero-order chi connectivity index (χ0) is 10.7. The molecule has 78 valence electrons. The van der Waals surface area contributed by atoms with E-state index in [2.05, 4.69) is 0 Å². The molecule has 0 saturated carbocycles. The third-order valence-electron chi connectivity index (χ3n) is 2.01. The average molecular weight is 201 g/mol. The Morgan fingerprint density at radius 1 is 1.36 bits per heavy atom. The van der Waals surface area contributed by atoms with Gasteiger partial charge in [-0.1, -0.05) is 6.07 Å². The molecule has 4 heteroatoms. The van der Waals surface area contributed by atoms with E-state index >= 15 is 0 Å². The highest BCUT2D eigenvalue weighted by Gasteiger charge is 2.15. The molecule has 1 aromatic carbocycles. The van der Waals surface area contributed by atoms with Crippen LogP contribution in [0.2, 0.25) is 0 Å². The number of halogens is 2. The van der Waals surface area contributed by atoms with Gasteiger partial charge in [0.05, 0.1) is 12.7 Å². The molecule has 0 bridgehead atoms. The maximum atomic E-state index is 12.5. The van der Waals surface area contributed by atoms with Crippen molar-refractivity contribution in [2.75, 3.05) is 7.11 Å². The van der Waals surface area contributed by atoms with Crippen molar-refractivity contribution in [3.8, 4) is 5.75 Å². The largest absolute Gasteiger partial charge is 0.496 e. The first-order valence-corrected chi connectivity index (χ1v) is 4.27. The van der Waals surface area contributed by atoms with Crippen LogP contribution < -0.4 is 10.5 Å². The van der Waals surface area contributed by atoms with E-state index in [0.29, 0.717) is 5.56 Å². The number of hydrogen-bond acceptors (Lipinski definition) is 2. The van der Waals surface area contributed by atoms with Gasteiger partial charge in [0.1, 0.15) is 5.75 Å². The minimum absolute atomic E-state index is 0.109. The molecule has 1 unspecified atom stereocenters. The fourth-order valence-electron chi connectivity index (χ4n) is 1.21. The van der Waals surface area contributed by atoms with Gasteiger partial charge in [-0.25, -0.2) is 8.78 Å². The van der Waals surface area contributed by atoms with E-state index in [1.165, 1.54) is 19.2 Å². The van der Waals surface area contributed by atoms with Gasteiger partial charge in [0, 0.05) is 6.04 Å². The Hall–Kier alpha value is -1.16. The molecule has 1 aromatic rings. The van der Waals surface area contributed by atoms with Crippen LogP contribution in [0.1, 0.15) is 30.5 Å². The summed E-state index contributed by atoms with van der Waals surface area (Å²) >= 11 is 0. The number of benzene rings is 1. The monoisotopic (exact) mass is 201 g/mol. The van der Waals surface area contributed by atoms with Crippen molar-refractivity contribution < 1.29 is 13.5 Å². The molecular weight excluding hydrogens is 188 g/mol. The Balaban J connectivity index is 3.14. The van der Waals surface area contributed by atoms with Gasteiger partial charge in [0.2, 0.25) is 0 Å². The van der Waals surface area contributed by atoms with Gasteiger partial charge in [-0.15, -0.1) is 0 Å². The molecular formula is C10H13F2NO. The summed E-state index contributed by atoms with van der Waals surface area (Å²) in [6.07, 6.45) is -2.54.